The molecule has 0 bridgehead atoms. The van der Waals surface area contributed by atoms with Crippen LogP contribution in [-0.2, 0) is 0 Å². The number of hydrogen-bond donors (Lipinski definition) is 2. The van der Waals surface area contributed by atoms with E-state index < -0.39 is 5.82 Å². The Morgan fingerprint density at radius 1 is 1.50 bits per heavy atom. The number of nitrogens with one attached hydrogen (secondary N) is 2. The number of aromatic nitrogens is 1. The van der Waals surface area contributed by atoms with E-state index in [1.54, 1.807) is 0 Å². The summed E-state index contributed by atoms with van der Waals surface area (Å²) in [5, 5.41) is 15.8. The Hall–Kier alpha value is -1.49. The van der Waals surface area contributed by atoms with Gasteiger partial charge >= 0.3 is 0 Å². The first-order valence-electron chi connectivity index (χ1n) is 6.36. The van der Waals surface area contributed by atoms with Gasteiger partial charge in [0.25, 0.3) is 0 Å². The zero-order chi connectivity index (χ0) is 13.1. The molecule has 1 aliphatic rings. The summed E-state index contributed by atoms with van der Waals surface area (Å²) in [5.41, 5.74) is 0.155. The number of hydrogen-bond acceptors (Lipinski definition) is 3. The number of nitrogens with zero attached hydrogens (tertiary/aromatic N) is 2. The number of likely N-dealkylation sites (tertiary alicyclic amines) is 1. The summed E-state index contributed by atoms with van der Waals surface area (Å²) in [6, 6.07) is 2.99. The molecular weight excluding hydrogens is 231 g/mol. The summed E-state index contributed by atoms with van der Waals surface area (Å²) in [4.78, 5) is 2.35. The quantitative estimate of drug-likeness (QED) is 0.624. The minimum absolute atomic E-state index is 0.155. The molecule has 4 nitrogen and oxygen atoms in total. The van der Waals surface area contributed by atoms with Crippen LogP contribution in [0.1, 0.15) is 26.2 Å². The third-order valence-electron chi connectivity index (χ3n) is 3.54. The second-order valence-corrected chi connectivity index (χ2v) is 4.68. The van der Waals surface area contributed by atoms with Crippen LogP contribution >= 0.6 is 0 Å². The molecule has 1 saturated heterocycles. The van der Waals surface area contributed by atoms with Crippen LogP contribution in [0.3, 0.4) is 0 Å². The number of pyridine rings is 1. The van der Waals surface area contributed by atoms with E-state index in [4.69, 9.17) is 10.8 Å². The first kappa shape index (κ1) is 13.0. The van der Waals surface area contributed by atoms with Crippen LogP contribution in [0.2, 0.25) is 0 Å². The molecule has 0 aromatic carbocycles. The lowest BCUT2D eigenvalue weighted by atomic mass is 10.1. The number of rotatable bonds is 3. The van der Waals surface area contributed by atoms with E-state index >= 15 is 0 Å². The van der Waals surface area contributed by atoms with Gasteiger partial charge < -0.3 is 4.90 Å². The van der Waals surface area contributed by atoms with Gasteiger partial charge in [0.15, 0.2) is 0 Å². The standard InChI is InChI=1S/C13H19FN4/c1-2-17-7-3-4-11(17)8-13(16)18-9-10(14)5-6-12(18)15/h5-6,9,11,15-16H,2-4,7-8H2,1H3. The Morgan fingerprint density at radius 3 is 3.00 bits per heavy atom. The van der Waals surface area contributed by atoms with Crippen molar-refractivity contribution < 1.29 is 4.39 Å². The average molecular weight is 250 g/mol. The lowest BCUT2D eigenvalue weighted by Crippen LogP contribution is -2.35. The molecule has 1 fully saturated rings. The first-order valence-corrected chi connectivity index (χ1v) is 6.36. The molecule has 0 spiro atoms. The van der Waals surface area contributed by atoms with E-state index in [9.17, 15) is 4.39 Å². The molecule has 1 atom stereocenters. The summed E-state index contributed by atoms with van der Waals surface area (Å²) in [7, 11) is 0. The maximum atomic E-state index is 13.2. The highest BCUT2D eigenvalue weighted by atomic mass is 19.1. The van der Waals surface area contributed by atoms with Crippen molar-refractivity contribution in [3.05, 3.63) is 29.6 Å². The molecule has 2 N–H and O–H groups in total. The fraction of sp³-hybridized carbons (Fsp3) is 0.538. The molecule has 98 valence electrons. The van der Waals surface area contributed by atoms with Crippen LogP contribution in [0.5, 0.6) is 0 Å². The predicted octanol–water partition coefficient (Wildman–Crippen LogP) is 1.81. The van der Waals surface area contributed by atoms with E-state index in [2.05, 4.69) is 11.8 Å². The summed E-state index contributed by atoms with van der Waals surface area (Å²) in [6.07, 6.45) is 4.04. The van der Waals surface area contributed by atoms with Crippen molar-refractivity contribution in [3.63, 3.8) is 0 Å². The van der Waals surface area contributed by atoms with Crippen molar-refractivity contribution in [3.8, 4) is 0 Å². The summed E-state index contributed by atoms with van der Waals surface area (Å²) in [5.74, 6) is -0.112. The smallest absolute Gasteiger partial charge is 0.139 e. The van der Waals surface area contributed by atoms with Gasteiger partial charge in [-0.1, -0.05) is 6.92 Å². The van der Waals surface area contributed by atoms with Crippen LogP contribution in [0.15, 0.2) is 18.3 Å². The molecule has 5 heteroatoms. The Bertz CT molecular complexity index is 494. The van der Waals surface area contributed by atoms with Gasteiger partial charge in [-0.15, -0.1) is 0 Å². The molecule has 1 unspecified atom stereocenters. The minimum atomic E-state index is -0.408. The molecule has 2 rings (SSSR count). The molecule has 1 aliphatic heterocycles. The highest BCUT2D eigenvalue weighted by molar-refractivity contribution is 5.81. The van der Waals surface area contributed by atoms with Gasteiger partial charge in [-0.25, -0.2) is 4.39 Å². The molecule has 1 aromatic rings. The van der Waals surface area contributed by atoms with Gasteiger partial charge in [0.1, 0.15) is 17.1 Å². The lowest BCUT2D eigenvalue weighted by Gasteiger charge is -2.23. The van der Waals surface area contributed by atoms with Gasteiger partial charge in [-0.3, -0.25) is 15.4 Å². The Labute approximate surface area is 106 Å². The van der Waals surface area contributed by atoms with E-state index in [1.807, 2.05) is 0 Å². The van der Waals surface area contributed by atoms with Crippen molar-refractivity contribution in [1.82, 2.24) is 9.47 Å². The first-order chi connectivity index (χ1) is 8.61. The fourth-order valence-electron chi connectivity index (χ4n) is 2.56. The summed E-state index contributed by atoms with van der Waals surface area (Å²) >= 11 is 0. The van der Waals surface area contributed by atoms with Crippen molar-refractivity contribution in [2.45, 2.75) is 32.2 Å². The van der Waals surface area contributed by atoms with Gasteiger partial charge in [0.2, 0.25) is 0 Å². The van der Waals surface area contributed by atoms with Crippen LogP contribution in [0.25, 0.3) is 0 Å². The van der Waals surface area contributed by atoms with Gasteiger partial charge in [-0.05, 0) is 38.1 Å². The van der Waals surface area contributed by atoms with Crippen molar-refractivity contribution in [1.29, 1.82) is 10.8 Å². The minimum Gasteiger partial charge on any atom is -0.300 e. The summed E-state index contributed by atoms with van der Waals surface area (Å²) in [6.45, 7) is 4.18. The van der Waals surface area contributed by atoms with Crippen LogP contribution in [0, 0.1) is 16.6 Å². The third kappa shape index (κ3) is 2.67. The molecule has 1 aromatic heterocycles. The number of halogens is 1. The Balaban J connectivity index is 2.12. The monoisotopic (exact) mass is 250 g/mol. The SMILES string of the molecule is CCN1CCCC1CC(=N)n1cc(F)ccc1=N. The predicted molar refractivity (Wildman–Crippen MR) is 68.3 cm³/mol. The van der Waals surface area contributed by atoms with E-state index in [-0.39, 0.29) is 5.49 Å². The fourth-order valence-corrected chi connectivity index (χ4v) is 2.56. The van der Waals surface area contributed by atoms with Crippen molar-refractivity contribution in [2.75, 3.05) is 13.1 Å². The van der Waals surface area contributed by atoms with Gasteiger partial charge in [0, 0.05) is 18.7 Å². The summed E-state index contributed by atoms with van der Waals surface area (Å²) < 4.78 is 14.5. The van der Waals surface area contributed by atoms with Gasteiger partial charge in [0.05, 0.1) is 0 Å². The van der Waals surface area contributed by atoms with E-state index in [0.717, 1.165) is 25.9 Å². The second kappa shape index (κ2) is 5.44. The highest BCUT2D eigenvalue weighted by Crippen LogP contribution is 2.19. The lowest BCUT2D eigenvalue weighted by molar-refractivity contribution is 0.271. The van der Waals surface area contributed by atoms with Crippen LogP contribution in [-0.4, -0.2) is 34.4 Å². The average Bonchev–Trinajstić information content (AvgIpc) is 2.79. The van der Waals surface area contributed by atoms with E-state index in [1.165, 1.54) is 22.9 Å². The van der Waals surface area contributed by atoms with Crippen LogP contribution in [0.4, 0.5) is 4.39 Å². The third-order valence-corrected chi connectivity index (χ3v) is 3.54. The largest absolute Gasteiger partial charge is 0.300 e. The zero-order valence-corrected chi connectivity index (χ0v) is 10.6. The highest BCUT2D eigenvalue weighted by Gasteiger charge is 2.24. The van der Waals surface area contributed by atoms with E-state index in [0.29, 0.717) is 18.3 Å². The topological polar surface area (TPSA) is 55.9 Å². The maximum Gasteiger partial charge on any atom is 0.139 e. The maximum absolute atomic E-state index is 13.2. The normalized spacial score (nSPS) is 20.2. The molecule has 0 amide bonds. The molecule has 2 heterocycles. The molecule has 0 radical (unpaired) electrons. The zero-order valence-electron chi connectivity index (χ0n) is 10.6. The molecule has 18 heavy (non-hydrogen) atoms. The molecule has 0 saturated carbocycles. The van der Waals surface area contributed by atoms with Gasteiger partial charge in [-0.2, -0.15) is 0 Å². The van der Waals surface area contributed by atoms with Crippen LogP contribution < -0.4 is 5.49 Å². The van der Waals surface area contributed by atoms with Crippen molar-refractivity contribution >= 4 is 5.84 Å². The molecule has 0 aliphatic carbocycles. The molecular formula is C13H19FN4. The Morgan fingerprint density at radius 2 is 2.28 bits per heavy atom. The Kier molecular flexibility index (Phi) is 3.91. The second-order valence-electron chi connectivity index (χ2n) is 4.68. The van der Waals surface area contributed by atoms with Crippen molar-refractivity contribution in [2.24, 2.45) is 0 Å².